The fraction of sp³-hybridized carbons (Fsp3) is 0.400. The van der Waals surface area contributed by atoms with E-state index in [-0.39, 0.29) is 31.1 Å². The summed E-state index contributed by atoms with van der Waals surface area (Å²) in [5, 5.41) is 16.3. The Morgan fingerprint density at radius 1 is 1.30 bits per heavy atom. The lowest BCUT2D eigenvalue weighted by atomic mass is 10.0. The molecule has 1 aromatic heterocycles. The second-order valence-electron chi connectivity index (χ2n) is 6.98. The molecule has 4 rings (SSSR count). The van der Waals surface area contributed by atoms with E-state index < -0.39 is 0 Å². The molecule has 1 amide bonds. The number of hydrogen-bond donors (Lipinski definition) is 1. The topological polar surface area (TPSA) is 69.3 Å². The normalized spacial score (nSPS) is 23.0. The maximum Gasteiger partial charge on any atom is 0.257 e. The van der Waals surface area contributed by atoms with Gasteiger partial charge in [0.15, 0.2) is 0 Å². The fourth-order valence-electron chi connectivity index (χ4n) is 3.82. The molecule has 7 heteroatoms. The Hall–Kier alpha value is -2.15. The van der Waals surface area contributed by atoms with Crippen molar-refractivity contribution in [3.63, 3.8) is 0 Å². The Morgan fingerprint density at radius 2 is 2.11 bits per heavy atom. The molecule has 1 saturated heterocycles. The average molecular weight is 388 g/mol. The third-order valence-corrected chi connectivity index (χ3v) is 5.52. The first-order valence-electron chi connectivity index (χ1n) is 9.19. The van der Waals surface area contributed by atoms with E-state index in [1.54, 1.807) is 6.26 Å². The van der Waals surface area contributed by atoms with Crippen LogP contribution in [-0.4, -0.2) is 52.4 Å². The second kappa shape index (κ2) is 7.84. The van der Waals surface area contributed by atoms with Gasteiger partial charge in [-0.3, -0.25) is 9.69 Å². The van der Waals surface area contributed by atoms with Crippen LogP contribution in [-0.2, 0) is 4.79 Å². The minimum atomic E-state index is -0.256. The number of benzene rings is 1. The molecule has 1 fully saturated rings. The summed E-state index contributed by atoms with van der Waals surface area (Å²) < 4.78 is 5.57. The minimum absolute atomic E-state index is 0.0540. The molecule has 2 aliphatic heterocycles. The molecule has 6 nitrogen and oxygen atoms in total. The summed E-state index contributed by atoms with van der Waals surface area (Å²) in [4.78, 5) is 15.1. The predicted molar refractivity (Wildman–Crippen MR) is 103 cm³/mol. The monoisotopic (exact) mass is 387 g/mol. The molecule has 2 aliphatic rings. The van der Waals surface area contributed by atoms with Gasteiger partial charge in [0.25, 0.3) is 5.91 Å². The number of aliphatic hydroxyl groups excluding tert-OH is 1. The van der Waals surface area contributed by atoms with Crippen molar-refractivity contribution in [1.29, 1.82) is 0 Å². The van der Waals surface area contributed by atoms with E-state index >= 15 is 0 Å². The molecule has 0 spiro atoms. The van der Waals surface area contributed by atoms with Crippen LogP contribution in [0.1, 0.15) is 36.6 Å². The molecule has 0 saturated carbocycles. The Labute approximate surface area is 163 Å². The van der Waals surface area contributed by atoms with Gasteiger partial charge in [-0.15, -0.1) is 0 Å². The lowest BCUT2D eigenvalue weighted by Gasteiger charge is -2.26. The van der Waals surface area contributed by atoms with Crippen molar-refractivity contribution >= 4 is 23.2 Å². The molecule has 0 radical (unpaired) electrons. The van der Waals surface area contributed by atoms with Crippen molar-refractivity contribution in [2.45, 2.75) is 31.3 Å². The lowest BCUT2D eigenvalue weighted by Crippen LogP contribution is -2.41. The van der Waals surface area contributed by atoms with Crippen LogP contribution in [0, 0.1) is 0 Å². The first-order chi connectivity index (χ1) is 13.2. The standard InChI is InChI=1S/C20H22ClN3O3/c21-15-7-5-14(6-8-15)17-11-18(19-4-2-10-27-19)24(22-17)20(26)12-23-9-1-3-16(23)13-25/h2,4-8,10,16,18,25H,1,3,9,11-13H2/t16-,18?/m1/s1. The smallest absolute Gasteiger partial charge is 0.257 e. The molecule has 0 aliphatic carbocycles. The zero-order chi connectivity index (χ0) is 18.8. The summed E-state index contributed by atoms with van der Waals surface area (Å²) >= 11 is 5.98. The number of carbonyl (C=O) groups excluding carboxylic acids is 1. The van der Waals surface area contributed by atoms with Gasteiger partial charge in [-0.2, -0.15) is 5.10 Å². The number of nitrogens with zero attached hydrogens (tertiary/aromatic N) is 3. The van der Waals surface area contributed by atoms with Crippen molar-refractivity contribution in [2.24, 2.45) is 5.10 Å². The molecular weight excluding hydrogens is 366 g/mol. The number of likely N-dealkylation sites (tertiary alicyclic amines) is 1. The van der Waals surface area contributed by atoms with Gasteiger partial charge in [-0.1, -0.05) is 23.7 Å². The molecule has 3 heterocycles. The summed E-state index contributed by atoms with van der Waals surface area (Å²) in [6.07, 6.45) is 4.12. The van der Waals surface area contributed by atoms with Gasteiger partial charge in [-0.05, 0) is 49.2 Å². The highest BCUT2D eigenvalue weighted by molar-refractivity contribution is 6.30. The summed E-state index contributed by atoms with van der Waals surface area (Å²) in [7, 11) is 0. The summed E-state index contributed by atoms with van der Waals surface area (Å²) in [6, 6.07) is 11.0. The van der Waals surface area contributed by atoms with Gasteiger partial charge < -0.3 is 9.52 Å². The Bertz CT molecular complexity index is 820. The molecule has 1 aromatic carbocycles. The number of rotatable bonds is 5. The first-order valence-corrected chi connectivity index (χ1v) is 9.57. The van der Waals surface area contributed by atoms with E-state index in [4.69, 9.17) is 16.0 Å². The Morgan fingerprint density at radius 3 is 2.81 bits per heavy atom. The van der Waals surface area contributed by atoms with Crippen molar-refractivity contribution in [1.82, 2.24) is 9.91 Å². The fourth-order valence-corrected chi connectivity index (χ4v) is 3.94. The third-order valence-electron chi connectivity index (χ3n) is 5.26. The highest BCUT2D eigenvalue weighted by atomic mass is 35.5. The van der Waals surface area contributed by atoms with E-state index in [0.717, 1.165) is 36.4 Å². The molecule has 1 unspecified atom stereocenters. The molecule has 2 atom stereocenters. The summed E-state index contributed by atoms with van der Waals surface area (Å²) in [5.41, 5.74) is 1.78. The van der Waals surface area contributed by atoms with Gasteiger partial charge >= 0.3 is 0 Å². The lowest BCUT2D eigenvalue weighted by molar-refractivity contribution is -0.135. The van der Waals surface area contributed by atoms with Gasteiger partial charge in [0.05, 0.1) is 25.1 Å². The molecule has 0 bridgehead atoms. The van der Waals surface area contributed by atoms with E-state index in [1.165, 1.54) is 5.01 Å². The van der Waals surface area contributed by atoms with E-state index in [2.05, 4.69) is 5.10 Å². The highest BCUT2D eigenvalue weighted by Crippen LogP contribution is 2.33. The zero-order valence-electron chi connectivity index (χ0n) is 14.9. The van der Waals surface area contributed by atoms with Gasteiger partial charge in [0.2, 0.25) is 0 Å². The summed E-state index contributed by atoms with van der Waals surface area (Å²) in [5.74, 6) is 0.636. The van der Waals surface area contributed by atoms with Crippen LogP contribution in [0.3, 0.4) is 0 Å². The van der Waals surface area contributed by atoms with Crippen molar-refractivity contribution in [3.05, 3.63) is 59.0 Å². The SMILES string of the molecule is O=C(CN1CCC[C@@H]1CO)N1N=C(c2ccc(Cl)cc2)CC1c1ccco1. The van der Waals surface area contributed by atoms with Crippen molar-refractivity contribution in [2.75, 3.05) is 19.7 Å². The number of hydrogen-bond acceptors (Lipinski definition) is 5. The van der Waals surface area contributed by atoms with Crippen molar-refractivity contribution < 1.29 is 14.3 Å². The number of aliphatic hydroxyl groups is 1. The van der Waals surface area contributed by atoms with Crippen LogP contribution < -0.4 is 0 Å². The second-order valence-corrected chi connectivity index (χ2v) is 7.41. The molecule has 142 valence electrons. The first kappa shape index (κ1) is 18.2. The predicted octanol–water partition coefficient (Wildman–Crippen LogP) is 3.07. The Kier molecular flexibility index (Phi) is 5.29. The maximum absolute atomic E-state index is 13.0. The quantitative estimate of drug-likeness (QED) is 0.856. The van der Waals surface area contributed by atoms with E-state index in [1.807, 2.05) is 41.3 Å². The van der Waals surface area contributed by atoms with Crippen LogP contribution in [0.2, 0.25) is 5.02 Å². The van der Waals surface area contributed by atoms with E-state index in [9.17, 15) is 9.90 Å². The summed E-state index contributed by atoms with van der Waals surface area (Å²) in [6.45, 7) is 1.15. The number of halogens is 1. The number of furan rings is 1. The van der Waals surface area contributed by atoms with Gasteiger partial charge in [0, 0.05) is 17.5 Å². The van der Waals surface area contributed by atoms with Gasteiger partial charge in [0.1, 0.15) is 11.8 Å². The zero-order valence-corrected chi connectivity index (χ0v) is 15.7. The number of carbonyl (C=O) groups is 1. The minimum Gasteiger partial charge on any atom is -0.467 e. The Balaban J connectivity index is 1.57. The number of amides is 1. The van der Waals surface area contributed by atoms with Crippen LogP contribution >= 0.6 is 11.6 Å². The van der Waals surface area contributed by atoms with Crippen molar-refractivity contribution in [3.8, 4) is 0 Å². The van der Waals surface area contributed by atoms with Gasteiger partial charge in [-0.25, -0.2) is 5.01 Å². The maximum atomic E-state index is 13.0. The van der Waals surface area contributed by atoms with E-state index in [0.29, 0.717) is 11.4 Å². The molecule has 2 aromatic rings. The molecule has 27 heavy (non-hydrogen) atoms. The molecule has 1 N–H and O–H groups in total. The van der Waals surface area contributed by atoms with Crippen LogP contribution in [0.15, 0.2) is 52.2 Å². The van der Waals surface area contributed by atoms with Crippen LogP contribution in [0.5, 0.6) is 0 Å². The number of hydrazone groups is 1. The van der Waals surface area contributed by atoms with Crippen LogP contribution in [0.25, 0.3) is 0 Å². The third kappa shape index (κ3) is 3.78. The largest absolute Gasteiger partial charge is 0.467 e. The molecular formula is C20H22ClN3O3. The highest BCUT2D eigenvalue weighted by Gasteiger charge is 2.36. The average Bonchev–Trinajstić information content (AvgIpc) is 3.42. The van der Waals surface area contributed by atoms with Crippen LogP contribution in [0.4, 0.5) is 0 Å².